The van der Waals surface area contributed by atoms with Crippen LogP contribution in [0.2, 0.25) is 0 Å². The van der Waals surface area contributed by atoms with E-state index in [9.17, 15) is 15.0 Å². The van der Waals surface area contributed by atoms with Gasteiger partial charge in [-0.2, -0.15) is 0 Å². The van der Waals surface area contributed by atoms with Crippen molar-refractivity contribution in [3.63, 3.8) is 0 Å². The quantitative estimate of drug-likeness (QED) is 0.748. The molecule has 126 valence electrons. The third-order valence-electron chi connectivity index (χ3n) is 5.23. The number of aliphatic hydroxyl groups excluding tert-OH is 1. The van der Waals surface area contributed by atoms with Gasteiger partial charge in [0.2, 0.25) is 5.91 Å². The van der Waals surface area contributed by atoms with Crippen LogP contribution in [0.1, 0.15) is 38.5 Å². The number of phenols is 1. The van der Waals surface area contributed by atoms with Crippen molar-refractivity contribution in [2.75, 3.05) is 18.4 Å². The lowest BCUT2D eigenvalue weighted by molar-refractivity contribution is -0.121. The lowest BCUT2D eigenvalue weighted by Gasteiger charge is -2.41. The Labute approximate surface area is 137 Å². The molecule has 2 fully saturated rings. The highest BCUT2D eigenvalue weighted by molar-refractivity contribution is 5.93. The van der Waals surface area contributed by atoms with Crippen LogP contribution in [0.3, 0.4) is 0 Å². The van der Waals surface area contributed by atoms with E-state index in [1.165, 1.54) is 6.42 Å². The molecule has 1 aliphatic carbocycles. The molecule has 3 N–H and O–H groups in total. The van der Waals surface area contributed by atoms with E-state index in [-0.39, 0.29) is 29.7 Å². The molecule has 1 saturated carbocycles. The third-order valence-corrected chi connectivity index (χ3v) is 5.23. The number of aliphatic hydroxyl groups is 1. The summed E-state index contributed by atoms with van der Waals surface area (Å²) in [5.41, 5.74) is 0.475. The smallest absolute Gasteiger partial charge is 0.227 e. The number of phenolic OH excluding ortho intramolecular Hbond substituents is 1. The van der Waals surface area contributed by atoms with E-state index < -0.39 is 0 Å². The first-order valence-electron chi connectivity index (χ1n) is 8.66. The summed E-state index contributed by atoms with van der Waals surface area (Å²) in [5, 5.41) is 22.7. The van der Waals surface area contributed by atoms with Gasteiger partial charge in [-0.05, 0) is 50.9 Å². The topological polar surface area (TPSA) is 72.8 Å². The minimum Gasteiger partial charge on any atom is -0.506 e. The summed E-state index contributed by atoms with van der Waals surface area (Å²) in [6.07, 6.45) is 5.68. The zero-order valence-corrected chi connectivity index (χ0v) is 13.4. The van der Waals surface area contributed by atoms with Crippen molar-refractivity contribution in [1.82, 2.24) is 4.90 Å². The van der Waals surface area contributed by atoms with Gasteiger partial charge in [-0.25, -0.2) is 0 Å². The Hall–Kier alpha value is -1.59. The number of carbonyl (C=O) groups excluding carboxylic acids is 1. The first-order chi connectivity index (χ1) is 11.1. The van der Waals surface area contributed by atoms with Crippen LogP contribution in [-0.2, 0) is 4.79 Å². The fourth-order valence-corrected chi connectivity index (χ4v) is 3.83. The fraction of sp³-hybridized carbons (Fsp3) is 0.611. The third kappa shape index (κ3) is 3.85. The van der Waals surface area contributed by atoms with Gasteiger partial charge in [0.1, 0.15) is 5.75 Å². The Balaban J connectivity index is 1.52. The molecular weight excluding hydrogens is 292 g/mol. The SMILES string of the molecule is O=C(Nc1ccccc1O)C1CCN(C2CCCCC2O)CC1. The summed E-state index contributed by atoms with van der Waals surface area (Å²) >= 11 is 0. The Bertz CT molecular complexity index is 541. The maximum absolute atomic E-state index is 12.4. The second kappa shape index (κ2) is 7.32. The molecular formula is C18H26N2O3. The molecule has 1 saturated heterocycles. The highest BCUT2D eigenvalue weighted by Gasteiger charge is 2.33. The largest absolute Gasteiger partial charge is 0.506 e. The van der Waals surface area contributed by atoms with Crippen molar-refractivity contribution in [2.24, 2.45) is 5.92 Å². The second-order valence-corrected chi connectivity index (χ2v) is 6.74. The first-order valence-corrected chi connectivity index (χ1v) is 8.66. The Morgan fingerprint density at radius 2 is 1.78 bits per heavy atom. The van der Waals surface area contributed by atoms with Crippen LogP contribution < -0.4 is 5.32 Å². The van der Waals surface area contributed by atoms with Crippen molar-refractivity contribution in [3.8, 4) is 5.75 Å². The van der Waals surface area contributed by atoms with Gasteiger partial charge in [-0.15, -0.1) is 0 Å². The zero-order valence-electron chi connectivity index (χ0n) is 13.4. The molecule has 1 aromatic carbocycles. The Kier molecular flexibility index (Phi) is 5.18. The number of benzene rings is 1. The van der Waals surface area contributed by atoms with Gasteiger partial charge in [0.05, 0.1) is 11.8 Å². The number of hydrogen-bond acceptors (Lipinski definition) is 4. The molecule has 1 aromatic rings. The van der Waals surface area contributed by atoms with Gasteiger partial charge < -0.3 is 15.5 Å². The minimum atomic E-state index is -0.213. The summed E-state index contributed by atoms with van der Waals surface area (Å²) < 4.78 is 0. The molecule has 0 bridgehead atoms. The van der Waals surface area contributed by atoms with E-state index in [0.717, 1.165) is 45.2 Å². The standard InChI is InChI=1S/C18H26N2O3/c21-16-7-3-1-5-14(16)19-18(23)13-9-11-20(12-10-13)15-6-2-4-8-17(15)22/h1,3,5,7,13,15,17,21-22H,2,4,6,8-12H2,(H,19,23). The number of piperidine rings is 1. The van der Waals surface area contributed by atoms with Gasteiger partial charge in [0, 0.05) is 12.0 Å². The number of likely N-dealkylation sites (tertiary alicyclic amines) is 1. The van der Waals surface area contributed by atoms with Crippen LogP contribution in [0.25, 0.3) is 0 Å². The lowest BCUT2D eigenvalue weighted by Crippen LogP contribution is -2.49. The number of hydrogen-bond donors (Lipinski definition) is 3. The molecule has 1 amide bonds. The van der Waals surface area contributed by atoms with Crippen LogP contribution in [0.5, 0.6) is 5.75 Å². The number of anilines is 1. The van der Waals surface area contributed by atoms with E-state index in [1.807, 2.05) is 0 Å². The molecule has 5 nitrogen and oxygen atoms in total. The molecule has 0 spiro atoms. The summed E-state index contributed by atoms with van der Waals surface area (Å²) in [4.78, 5) is 14.7. The second-order valence-electron chi connectivity index (χ2n) is 6.74. The van der Waals surface area contributed by atoms with Gasteiger partial charge in [0.25, 0.3) is 0 Å². The van der Waals surface area contributed by atoms with E-state index in [4.69, 9.17) is 0 Å². The first kappa shape index (κ1) is 16.3. The predicted octanol–water partition coefficient (Wildman–Crippen LogP) is 2.35. The Morgan fingerprint density at radius 1 is 1.09 bits per heavy atom. The molecule has 2 aliphatic rings. The molecule has 1 heterocycles. The van der Waals surface area contributed by atoms with Crippen molar-refractivity contribution >= 4 is 11.6 Å². The number of para-hydroxylation sites is 2. The molecule has 5 heteroatoms. The van der Waals surface area contributed by atoms with Gasteiger partial charge in [-0.3, -0.25) is 9.69 Å². The molecule has 1 aliphatic heterocycles. The summed E-state index contributed by atoms with van der Waals surface area (Å²) in [6.45, 7) is 1.72. The van der Waals surface area contributed by atoms with Crippen LogP contribution in [-0.4, -0.2) is 46.3 Å². The molecule has 2 atom stereocenters. The van der Waals surface area contributed by atoms with Gasteiger partial charge >= 0.3 is 0 Å². The van der Waals surface area contributed by atoms with Crippen LogP contribution in [0, 0.1) is 5.92 Å². The summed E-state index contributed by atoms with van der Waals surface area (Å²) in [7, 11) is 0. The van der Waals surface area contributed by atoms with Crippen LogP contribution in [0.15, 0.2) is 24.3 Å². The number of nitrogens with one attached hydrogen (secondary N) is 1. The molecule has 0 aromatic heterocycles. The predicted molar refractivity (Wildman–Crippen MR) is 89.3 cm³/mol. The molecule has 2 unspecified atom stereocenters. The molecule has 23 heavy (non-hydrogen) atoms. The average molecular weight is 318 g/mol. The zero-order chi connectivity index (χ0) is 16.2. The van der Waals surface area contributed by atoms with Crippen LogP contribution in [0.4, 0.5) is 5.69 Å². The number of nitrogens with zero attached hydrogens (tertiary/aromatic N) is 1. The minimum absolute atomic E-state index is 0.0182. The highest BCUT2D eigenvalue weighted by atomic mass is 16.3. The molecule has 3 rings (SSSR count). The fourth-order valence-electron chi connectivity index (χ4n) is 3.83. The molecule has 0 radical (unpaired) electrons. The number of aromatic hydroxyl groups is 1. The maximum Gasteiger partial charge on any atom is 0.227 e. The maximum atomic E-state index is 12.4. The average Bonchev–Trinajstić information content (AvgIpc) is 2.57. The number of amides is 1. The van der Waals surface area contributed by atoms with E-state index >= 15 is 0 Å². The normalized spacial score (nSPS) is 26.8. The van der Waals surface area contributed by atoms with Crippen molar-refractivity contribution < 1.29 is 15.0 Å². The van der Waals surface area contributed by atoms with Gasteiger partial charge in [0.15, 0.2) is 0 Å². The van der Waals surface area contributed by atoms with Crippen LogP contribution >= 0.6 is 0 Å². The van der Waals surface area contributed by atoms with E-state index in [2.05, 4.69) is 10.2 Å². The Morgan fingerprint density at radius 3 is 2.48 bits per heavy atom. The lowest BCUT2D eigenvalue weighted by atomic mass is 9.88. The number of carbonyl (C=O) groups is 1. The van der Waals surface area contributed by atoms with E-state index in [0.29, 0.717) is 5.69 Å². The number of rotatable bonds is 3. The van der Waals surface area contributed by atoms with Crippen molar-refractivity contribution in [3.05, 3.63) is 24.3 Å². The van der Waals surface area contributed by atoms with Crippen molar-refractivity contribution in [2.45, 2.75) is 50.7 Å². The van der Waals surface area contributed by atoms with Crippen molar-refractivity contribution in [1.29, 1.82) is 0 Å². The summed E-state index contributed by atoms with van der Waals surface area (Å²) in [5.74, 6) is 0.0607. The summed E-state index contributed by atoms with van der Waals surface area (Å²) in [6, 6.07) is 7.08. The highest BCUT2D eigenvalue weighted by Crippen LogP contribution is 2.29. The van der Waals surface area contributed by atoms with E-state index in [1.54, 1.807) is 24.3 Å². The van der Waals surface area contributed by atoms with Gasteiger partial charge in [-0.1, -0.05) is 25.0 Å². The monoisotopic (exact) mass is 318 g/mol.